The summed E-state index contributed by atoms with van der Waals surface area (Å²) in [5.41, 5.74) is 0.439. The van der Waals surface area contributed by atoms with Gasteiger partial charge in [0.05, 0.1) is 12.9 Å². The molecule has 1 aromatic rings. The fourth-order valence-corrected chi connectivity index (χ4v) is 3.00. The van der Waals surface area contributed by atoms with Crippen molar-refractivity contribution in [2.75, 3.05) is 18.2 Å². The van der Waals surface area contributed by atoms with Gasteiger partial charge < -0.3 is 10.1 Å². The highest BCUT2D eigenvalue weighted by atomic mass is 32.2. The molecule has 0 fully saturated rings. The molecule has 0 aliphatic heterocycles. The average molecular weight is 343 g/mol. The Bertz CT molecular complexity index is 655. The number of nitrogens with one attached hydrogen (secondary N) is 2. The summed E-state index contributed by atoms with van der Waals surface area (Å²) in [5, 5.41) is 4.42. The second-order valence-corrected chi connectivity index (χ2v) is 6.85. The van der Waals surface area contributed by atoms with E-state index >= 15 is 0 Å². The van der Waals surface area contributed by atoms with E-state index in [0.29, 0.717) is 22.3 Å². The summed E-state index contributed by atoms with van der Waals surface area (Å²) in [6.07, 6.45) is 0.900. The first-order chi connectivity index (χ1) is 10.6. The third kappa shape index (κ3) is 5.78. The maximum absolute atomic E-state index is 11.9. The fourth-order valence-electron chi connectivity index (χ4n) is 1.88. The van der Waals surface area contributed by atoms with Gasteiger partial charge in [0.25, 0.3) is 0 Å². The van der Waals surface area contributed by atoms with E-state index in [1.165, 1.54) is 13.8 Å². The zero-order valence-corrected chi connectivity index (χ0v) is 14.3. The molecule has 0 atom stereocenters. The van der Waals surface area contributed by atoms with Crippen LogP contribution < -0.4 is 15.4 Å². The molecule has 0 aliphatic rings. The highest BCUT2D eigenvalue weighted by molar-refractivity contribution is 7.88. The van der Waals surface area contributed by atoms with Crippen LogP contribution >= 0.6 is 0 Å². The molecule has 0 spiro atoms. The second kappa shape index (κ2) is 7.82. The van der Waals surface area contributed by atoms with E-state index in [1.54, 1.807) is 24.3 Å². The lowest BCUT2D eigenvalue weighted by Crippen LogP contribution is -2.49. The van der Waals surface area contributed by atoms with E-state index in [2.05, 4.69) is 5.32 Å². The molecule has 128 valence electrons. The van der Waals surface area contributed by atoms with Gasteiger partial charge in [-0.25, -0.2) is 22.3 Å². The van der Waals surface area contributed by atoms with E-state index in [-0.39, 0.29) is 0 Å². The van der Waals surface area contributed by atoms with E-state index in [1.807, 2.05) is 12.2 Å². The Morgan fingerprint density at radius 3 is 2.22 bits per heavy atom. The van der Waals surface area contributed by atoms with Gasteiger partial charge in [-0.2, -0.15) is 0 Å². The number of anilines is 1. The highest BCUT2D eigenvalue weighted by Crippen LogP contribution is 2.15. The third-order valence-corrected chi connectivity index (χ3v) is 3.97. The topological polar surface area (TPSA) is 105 Å². The first-order valence-corrected chi connectivity index (χ1v) is 8.84. The number of urea groups is 2. The van der Waals surface area contributed by atoms with Gasteiger partial charge in [-0.15, -0.1) is 0 Å². The third-order valence-electron chi connectivity index (χ3n) is 2.67. The largest absolute Gasteiger partial charge is 0.494 e. The minimum atomic E-state index is -3.77. The van der Waals surface area contributed by atoms with Crippen LogP contribution in [0.4, 0.5) is 15.3 Å². The van der Waals surface area contributed by atoms with Crippen LogP contribution in [0.25, 0.3) is 0 Å². The summed E-state index contributed by atoms with van der Waals surface area (Å²) in [6, 6.07) is 4.09. The number of hydrogen-bond donors (Lipinski definition) is 2. The minimum absolute atomic E-state index is 0.439. The molecule has 0 unspecified atom stereocenters. The van der Waals surface area contributed by atoms with Crippen molar-refractivity contribution >= 4 is 27.8 Å². The maximum atomic E-state index is 11.9. The van der Waals surface area contributed by atoms with Gasteiger partial charge in [0, 0.05) is 11.7 Å². The van der Waals surface area contributed by atoms with Crippen molar-refractivity contribution in [3.63, 3.8) is 0 Å². The number of sulfonamides is 1. The second-order valence-electron chi connectivity index (χ2n) is 4.99. The number of carbonyl (C=O) groups is 2. The number of benzene rings is 1. The number of imide groups is 1. The predicted octanol–water partition coefficient (Wildman–Crippen LogP) is 2.00. The molecule has 1 aromatic carbocycles. The summed E-state index contributed by atoms with van der Waals surface area (Å²) in [6.45, 7) is 5.45. The minimum Gasteiger partial charge on any atom is -0.494 e. The zero-order chi connectivity index (χ0) is 17.6. The lowest BCUT2D eigenvalue weighted by molar-refractivity contribution is 0.213. The van der Waals surface area contributed by atoms with Crippen LogP contribution in [0.1, 0.15) is 20.8 Å². The number of carbonyl (C=O) groups excluding carboxylic acids is 2. The van der Waals surface area contributed by atoms with Crippen molar-refractivity contribution in [3.05, 3.63) is 24.3 Å². The molecular formula is C14H21N3O5S. The van der Waals surface area contributed by atoms with Gasteiger partial charge in [-0.1, -0.05) is 0 Å². The molecular weight excluding hydrogens is 322 g/mol. The molecule has 0 aromatic heterocycles. The number of rotatable bonds is 5. The number of nitrogens with zero attached hydrogens (tertiary/aromatic N) is 1. The van der Waals surface area contributed by atoms with Crippen LogP contribution in [0.3, 0.4) is 0 Å². The van der Waals surface area contributed by atoms with E-state index < -0.39 is 28.1 Å². The smallest absolute Gasteiger partial charge is 0.339 e. The Kier molecular flexibility index (Phi) is 6.38. The van der Waals surface area contributed by atoms with Gasteiger partial charge in [0.2, 0.25) is 10.0 Å². The molecule has 0 radical (unpaired) electrons. The molecule has 8 nitrogen and oxygen atoms in total. The van der Waals surface area contributed by atoms with Gasteiger partial charge in [0.15, 0.2) is 0 Å². The summed E-state index contributed by atoms with van der Waals surface area (Å²) in [7, 11) is -3.77. The average Bonchev–Trinajstić information content (AvgIpc) is 2.38. The van der Waals surface area contributed by atoms with Crippen molar-refractivity contribution < 1.29 is 22.7 Å². The molecule has 0 heterocycles. The molecule has 0 saturated carbocycles. The Hall–Kier alpha value is -2.29. The SMILES string of the molecule is CCOc1ccc(NC(=O)NC(=O)N(C(C)C)S(C)(=O)=O)cc1. The molecule has 0 bridgehead atoms. The van der Waals surface area contributed by atoms with Crippen molar-refractivity contribution in [3.8, 4) is 5.75 Å². The van der Waals surface area contributed by atoms with Crippen LogP contribution in [-0.4, -0.2) is 43.7 Å². The number of ether oxygens (including phenoxy) is 1. The Labute approximate surface area is 135 Å². The Morgan fingerprint density at radius 2 is 1.78 bits per heavy atom. The zero-order valence-electron chi connectivity index (χ0n) is 13.5. The predicted molar refractivity (Wildman–Crippen MR) is 87.0 cm³/mol. The molecule has 4 amide bonds. The van der Waals surface area contributed by atoms with E-state index in [0.717, 1.165) is 6.26 Å². The monoisotopic (exact) mass is 343 g/mol. The first kappa shape index (κ1) is 18.8. The van der Waals surface area contributed by atoms with Crippen LogP contribution in [-0.2, 0) is 10.0 Å². The molecule has 9 heteroatoms. The van der Waals surface area contributed by atoms with Gasteiger partial charge in [-0.05, 0) is 45.0 Å². The lowest BCUT2D eigenvalue weighted by atomic mass is 10.3. The normalized spacial score (nSPS) is 11.0. The standard InChI is InChI=1S/C14H21N3O5S/c1-5-22-12-8-6-11(7-9-12)15-13(18)16-14(19)17(10(2)3)23(4,20)21/h6-10H,5H2,1-4H3,(H2,15,16,18,19). The summed E-state index contributed by atoms with van der Waals surface area (Å²) in [5.74, 6) is 0.651. The van der Waals surface area contributed by atoms with Gasteiger partial charge in [0.1, 0.15) is 5.75 Å². The quantitative estimate of drug-likeness (QED) is 0.851. The van der Waals surface area contributed by atoms with Crippen molar-refractivity contribution in [2.45, 2.75) is 26.8 Å². The molecule has 0 saturated heterocycles. The lowest BCUT2D eigenvalue weighted by Gasteiger charge is -2.23. The van der Waals surface area contributed by atoms with Crippen molar-refractivity contribution in [1.82, 2.24) is 9.62 Å². The van der Waals surface area contributed by atoms with E-state index in [9.17, 15) is 18.0 Å². The fraction of sp³-hybridized carbons (Fsp3) is 0.429. The summed E-state index contributed by atoms with van der Waals surface area (Å²) >= 11 is 0. The Morgan fingerprint density at radius 1 is 1.22 bits per heavy atom. The van der Waals surface area contributed by atoms with Crippen molar-refractivity contribution in [1.29, 1.82) is 0 Å². The summed E-state index contributed by atoms with van der Waals surface area (Å²) in [4.78, 5) is 23.7. The molecule has 1 rings (SSSR count). The van der Waals surface area contributed by atoms with Gasteiger partial charge >= 0.3 is 12.1 Å². The summed E-state index contributed by atoms with van der Waals surface area (Å²) < 4.78 is 29.0. The molecule has 2 N–H and O–H groups in total. The van der Waals surface area contributed by atoms with Crippen LogP contribution in [0.2, 0.25) is 0 Å². The molecule has 0 aliphatic carbocycles. The van der Waals surface area contributed by atoms with Gasteiger partial charge in [-0.3, -0.25) is 5.32 Å². The van der Waals surface area contributed by atoms with Crippen molar-refractivity contribution in [2.24, 2.45) is 0 Å². The number of amides is 4. The maximum Gasteiger partial charge on any atom is 0.339 e. The Balaban J connectivity index is 2.70. The molecule has 23 heavy (non-hydrogen) atoms. The van der Waals surface area contributed by atoms with Crippen LogP contribution in [0.15, 0.2) is 24.3 Å². The van der Waals surface area contributed by atoms with Crippen LogP contribution in [0.5, 0.6) is 5.75 Å². The van der Waals surface area contributed by atoms with Crippen LogP contribution in [0, 0.1) is 0 Å². The van der Waals surface area contributed by atoms with E-state index in [4.69, 9.17) is 4.74 Å². The highest BCUT2D eigenvalue weighted by Gasteiger charge is 2.27. The first-order valence-electron chi connectivity index (χ1n) is 6.99. The number of hydrogen-bond acceptors (Lipinski definition) is 5.